The molecule has 2 fully saturated rings. The first kappa shape index (κ1) is 21.8. The van der Waals surface area contributed by atoms with E-state index in [4.69, 9.17) is 4.74 Å². The monoisotopic (exact) mass is 466 g/mol. The number of hydrogen-bond donors (Lipinski definition) is 2. The first-order valence-corrected chi connectivity index (χ1v) is 12.4. The van der Waals surface area contributed by atoms with Crippen molar-refractivity contribution in [3.8, 4) is 11.1 Å². The Kier molecular flexibility index (Phi) is 6.01. The van der Waals surface area contributed by atoms with E-state index in [1.54, 1.807) is 0 Å². The van der Waals surface area contributed by atoms with Crippen LogP contribution in [0.25, 0.3) is 11.1 Å². The molecule has 3 atom stereocenters. The van der Waals surface area contributed by atoms with Gasteiger partial charge in [0.15, 0.2) is 0 Å². The Bertz CT molecular complexity index is 1040. The number of alkyl carbamates (subject to hydrolysis) is 1. The Morgan fingerprint density at radius 2 is 1.70 bits per heavy atom. The second kappa shape index (κ2) is 9.09. The zero-order valence-electron chi connectivity index (χ0n) is 18.1. The Labute approximate surface area is 196 Å². The minimum atomic E-state index is -0.959. The molecular weight excluding hydrogens is 440 g/mol. The van der Waals surface area contributed by atoms with Crippen LogP contribution in [0.3, 0.4) is 0 Å². The van der Waals surface area contributed by atoms with Crippen molar-refractivity contribution in [2.45, 2.75) is 37.3 Å². The fraction of sp³-hybridized carbons (Fsp3) is 0.400. The molecule has 1 unspecified atom stereocenters. The van der Waals surface area contributed by atoms with Crippen molar-refractivity contribution < 1.29 is 24.2 Å². The largest absolute Gasteiger partial charge is 0.480 e. The molecule has 1 heterocycles. The van der Waals surface area contributed by atoms with Gasteiger partial charge in [0.25, 0.3) is 0 Å². The fourth-order valence-electron chi connectivity index (χ4n) is 5.24. The van der Waals surface area contributed by atoms with Gasteiger partial charge in [-0.25, -0.2) is 9.59 Å². The average Bonchev–Trinajstić information content (AvgIpc) is 3.55. The summed E-state index contributed by atoms with van der Waals surface area (Å²) in [5.41, 5.74) is 4.68. The topological polar surface area (TPSA) is 95.9 Å². The molecule has 0 aromatic heterocycles. The van der Waals surface area contributed by atoms with Crippen molar-refractivity contribution in [3.05, 3.63) is 59.7 Å². The van der Waals surface area contributed by atoms with Crippen LogP contribution in [0.4, 0.5) is 4.79 Å². The summed E-state index contributed by atoms with van der Waals surface area (Å²) < 4.78 is 5.62. The molecule has 2 aromatic carbocycles. The molecule has 1 saturated heterocycles. The highest BCUT2D eigenvalue weighted by Gasteiger charge is 2.40. The van der Waals surface area contributed by atoms with E-state index in [0.29, 0.717) is 30.9 Å². The Morgan fingerprint density at radius 3 is 2.36 bits per heavy atom. The molecule has 7 nitrogen and oxygen atoms in total. The van der Waals surface area contributed by atoms with Crippen molar-refractivity contribution in [2.24, 2.45) is 5.92 Å². The highest BCUT2D eigenvalue weighted by Crippen LogP contribution is 2.44. The van der Waals surface area contributed by atoms with E-state index in [0.717, 1.165) is 11.1 Å². The van der Waals surface area contributed by atoms with Gasteiger partial charge in [-0.3, -0.25) is 4.79 Å². The van der Waals surface area contributed by atoms with Gasteiger partial charge in [0.05, 0.1) is 5.88 Å². The van der Waals surface area contributed by atoms with E-state index in [1.165, 1.54) is 27.8 Å². The van der Waals surface area contributed by atoms with E-state index in [1.807, 2.05) is 24.3 Å². The number of hydrogen-bond acceptors (Lipinski definition) is 5. The smallest absolute Gasteiger partial charge is 0.407 e. The van der Waals surface area contributed by atoms with Crippen molar-refractivity contribution in [1.29, 1.82) is 0 Å². The molecule has 2 aromatic rings. The molecule has 1 saturated carbocycles. The molecule has 172 valence electrons. The summed E-state index contributed by atoms with van der Waals surface area (Å²) in [5.74, 6) is -0.499. The van der Waals surface area contributed by atoms with Crippen LogP contribution in [0.5, 0.6) is 0 Å². The summed E-state index contributed by atoms with van der Waals surface area (Å²) in [4.78, 5) is 38.2. The predicted octanol–water partition coefficient (Wildman–Crippen LogP) is 3.68. The predicted molar refractivity (Wildman–Crippen MR) is 125 cm³/mol. The number of carbonyl (C=O) groups excluding carboxylic acids is 2. The van der Waals surface area contributed by atoms with Gasteiger partial charge in [-0.05, 0) is 41.5 Å². The molecule has 2 amide bonds. The number of aliphatic carboxylic acids is 1. The SMILES string of the molecule is O=C(N[C@H]1CC[C@@H](C(=O)N2CSCC2C(=O)O)C1)OCC1c2ccccc2-c2ccccc21. The Morgan fingerprint density at radius 1 is 1.03 bits per heavy atom. The number of fused-ring (bicyclic) bond motifs is 3. The molecular formula is C25H26N2O5S. The molecule has 8 heteroatoms. The summed E-state index contributed by atoms with van der Waals surface area (Å²) in [6, 6.07) is 15.5. The van der Waals surface area contributed by atoms with Crippen LogP contribution >= 0.6 is 11.8 Å². The van der Waals surface area contributed by atoms with Crippen molar-refractivity contribution in [2.75, 3.05) is 18.2 Å². The van der Waals surface area contributed by atoms with E-state index in [-0.39, 0.29) is 30.4 Å². The quantitative estimate of drug-likeness (QED) is 0.698. The molecule has 0 bridgehead atoms. The summed E-state index contributed by atoms with van der Waals surface area (Å²) in [7, 11) is 0. The van der Waals surface area contributed by atoms with E-state index < -0.39 is 18.1 Å². The maximum absolute atomic E-state index is 12.8. The minimum absolute atomic E-state index is 0.00155. The zero-order valence-corrected chi connectivity index (χ0v) is 18.9. The zero-order chi connectivity index (χ0) is 22.9. The number of thioether (sulfide) groups is 1. The van der Waals surface area contributed by atoms with E-state index >= 15 is 0 Å². The van der Waals surface area contributed by atoms with Gasteiger partial charge in [-0.1, -0.05) is 48.5 Å². The number of amides is 2. The second-order valence-corrected chi connectivity index (χ2v) is 9.84. The van der Waals surface area contributed by atoms with Crippen LogP contribution in [0.2, 0.25) is 0 Å². The normalized spacial score (nSPS) is 23.8. The summed E-state index contributed by atoms with van der Waals surface area (Å²) >= 11 is 1.46. The molecule has 3 aliphatic rings. The number of carboxylic acid groups (broad SMARTS) is 1. The maximum atomic E-state index is 12.8. The van der Waals surface area contributed by atoms with Crippen molar-refractivity contribution in [3.63, 3.8) is 0 Å². The van der Waals surface area contributed by atoms with Gasteiger partial charge < -0.3 is 20.1 Å². The van der Waals surface area contributed by atoms with Gasteiger partial charge in [0, 0.05) is 23.6 Å². The Balaban J connectivity index is 1.16. The lowest BCUT2D eigenvalue weighted by Crippen LogP contribution is -2.44. The van der Waals surface area contributed by atoms with E-state index in [2.05, 4.69) is 29.6 Å². The first-order valence-electron chi connectivity index (χ1n) is 11.3. The summed E-state index contributed by atoms with van der Waals surface area (Å²) in [5, 5.41) is 12.2. The van der Waals surface area contributed by atoms with Gasteiger partial charge in [-0.2, -0.15) is 0 Å². The van der Waals surface area contributed by atoms with Gasteiger partial charge in [-0.15, -0.1) is 11.8 Å². The number of ether oxygens (including phenoxy) is 1. The molecule has 2 aliphatic carbocycles. The van der Waals surface area contributed by atoms with Crippen LogP contribution < -0.4 is 5.32 Å². The third kappa shape index (κ3) is 4.19. The number of carbonyl (C=O) groups is 3. The van der Waals surface area contributed by atoms with Crippen molar-refractivity contribution in [1.82, 2.24) is 10.2 Å². The second-order valence-electron chi connectivity index (χ2n) is 8.84. The minimum Gasteiger partial charge on any atom is -0.480 e. The lowest BCUT2D eigenvalue weighted by molar-refractivity contribution is -0.149. The lowest BCUT2D eigenvalue weighted by atomic mass is 9.98. The molecule has 5 rings (SSSR count). The first-order chi connectivity index (χ1) is 16.0. The summed E-state index contributed by atoms with van der Waals surface area (Å²) in [6.07, 6.45) is 1.35. The number of rotatable bonds is 5. The fourth-order valence-corrected chi connectivity index (χ4v) is 6.40. The Hall–Kier alpha value is -3.00. The van der Waals surface area contributed by atoms with Gasteiger partial charge in [0.2, 0.25) is 5.91 Å². The average molecular weight is 467 g/mol. The van der Waals surface area contributed by atoms with Crippen LogP contribution in [-0.2, 0) is 14.3 Å². The number of nitrogens with one attached hydrogen (secondary N) is 1. The standard InChI is InChI=1S/C25H26N2O5S/c28-23(27-14-33-13-22(27)24(29)30)15-9-10-16(11-15)26-25(31)32-12-21-19-7-3-1-5-17(19)18-6-2-4-8-20(18)21/h1-8,15-16,21-22H,9-14H2,(H,26,31)(H,29,30)/t15-,16+,22?/m1/s1. The van der Waals surface area contributed by atoms with Crippen LogP contribution in [0.1, 0.15) is 36.3 Å². The third-order valence-electron chi connectivity index (χ3n) is 6.90. The van der Waals surface area contributed by atoms with Crippen LogP contribution in [-0.4, -0.2) is 58.3 Å². The van der Waals surface area contributed by atoms with Crippen LogP contribution in [0.15, 0.2) is 48.5 Å². The number of benzene rings is 2. The van der Waals surface area contributed by atoms with E-state index in [9.17, 15) is 19.5 Å². The third-order valence-corrected chi connectivity index (χ3v) is 7.91. The molecule has 33 heavy (non-hydrogen) atoms. The number of carboxylic acids is 1. The molecule has 0 spiro atoms. The number of nitrogens with zero attached hydrogens (tertiary/aromatic N) is 1. The van der Waals surface area contributed by atoms with Crippen molar-refractivity contribution >= 4 is 29.7 Å². The molecule has 2 N–H and O–H groups in total. The lowest BCUT2D eigenvalue weighted by Gasteiger charge is -2.24. The van der Waals surface area contributed by atoms with Gasteiger partial charge >= 0.3 is 12.1 Å². The highest BCUT2D eigenvalue weighted by atomic mass is 32.2. The van der Waals surface area contributed by atoms with Gasteiger partial charge in [0.1, 0.15) is 12.6 Å². The maximum Gasteiger partial charge on any atom is 0.407 e. The summed E-state index contributed by atoms with van der Waals surface area (Å²) in [6.45, 7) is 0.250. The highest BCUT2D eigenvalue weighted by molar-refractivity contribution is 7.99. The van der Waals surface area contributed by atoms with Crippen LogP contribution in [0, 0.1) is 5.92 Å². The molecule has 1 aliphatic heterocycles. The molecule has 0 radical (unpaired) electrons.